The van der Waals surface area contributed by atoms with Crippen LogP contribution in [0.1, 0.15) is 0 Å². The highest BCUT2D eigenvalue weighted by molar-refractivity contribution is 7.92. The normalized spacial score (nSPS) is 12.8. The summed E-state index contributed by atoms with van der Waals surface area (Å²) in [5.41, 5.74) is 6.27. The minimum atomic E-state index is -3.71. The summed E-state index contributed by atoms with van der Waals surface area (Å²) in [5, 5.41) is 0. The van der Waals surface area contributed by atoms with Crippen LogP contribution in [0.3, 0.4) is 0 Å². The first-order chi connectivity index (χ1) is 9.38. The number of nitrogens with two attached hydrogens (primary N) is 1. The maximum atomic E-state index is 12.1. The number of benzene rings is 2. The Balaban J connectivity index is 2.24. The van der Waals surface area contributed by atoms with E-state index in [4.69, 9.17) is 10.3 Å². The summed E-state index contributed by atoms with van der Waals surface area (Å²) in [5.74, 6) is 0. The number of nitrogens with one attached hydrogen (secondary N) is 1. The van der Waals surface area contributed by atoms with E-state index in [-0.39, 0.29) is 9.79 Å². The number of anilines is 2. The molecular formula is C12H12N2O4S2. The van der Waals surface area contributed by atoms with Crippen molar-refractivity contribution in [1.82, 2.24) is 0 Å². The van der Waals surface area contributed by atoms with E-state index in [0.29, 0.717) is 11.4 Å². The Morgan fingerprint density at radius 1 is 1.00 bits per heavy atom. The predicted octanol–water partition coefficient (Wildman–Crippen LogP) is 1.65. The Morgan fingerprint density at radius 3 is 2.05 bits per heavy atom. The van der Waals surface area contributed by atoms with Crippen LogP contribution in [0.4, 0.5) is 11.4 Å². The molecule has 1 unspecified atom stereocenters. The third-order valence-electron chi connectivity index (χ3n) is 2.50. The standard InChI is InChI=1S/C12H12N2O4S2/c13-9-1-7-12(8-2-9)20(17,18)14-10-3-5-11(6-4-10)19(15)16/h1-8,14H,13H2,(H,15,16). The number of sulfonamides is 1. The molecule has 4 N–H and O–H groups in total. The minimum absolute atomic E-state index is 0.0847. The molecule has 0 aliphatic carbocycles. The van der Waals surface area contributed by atoms with E-state index >= 15 is 0 Å². The molecule has 0 heterocycles. The molecule has 2 aromatic carbocycles. The first-order valence-corrected chi connectivity index (χ1v) is 8.07. The third kappa shape index (κ3) is 3.35. The molecule has 6 nitrogen and oxygen atoms in total. The Morgan fingerprint density at radius 2 is 1.55 bits per heavy atom. The van der Waals surface area contributed by atoms with Crippen molar-refractivity contribution in [2.75, 3.05) is 10.5 Å². The lowest BCUT2D eigenvalue weighted by atomic mass is 10.3. The smallest absolute Gasteiger partial charge is 0.261 e. The van der Waals surface area contributed by atoms with Crippen molar-refractivity contribution in [3.8, 4) is 0 Å². The quantitative estimate of drug-likeness (QED) is 0.587. The van der Waals surface area contributed by atoms with Crippen LogP contribution >= 0.6 is 0 Å². The molecule has 8 heteroatoms. The maximum absolute atomic E-state index is 12.1. The van der Waals surface area contributed by atoms with Crippen LogP contribution < -0.4 is 10.5 Å². The van der Waals surface area contributed by atoms with Gasteiger partial charge in [-0.05, 0) is 48.5 Å². The monoisotopic (exact) mass is 312 g/mol. The fourth-order valence-electron chi connectivity index (χ4n) is 1.50. The number of nitrogen functional groups attached to an aromatic ring is 1. The van der Waals surface area contributed by atoms with E-state index in [1.165, 1.54) is 48.5 Å². The molecule has 106 valence electrons. The molecule has 0 saturated carbocycles. The van der Waals surface area contributed by atoms with Crippen molar-refractivity contribution in [3.63, 3.8) is 0 Å². The summed E-state index contributed by atoms with van der Waals surface area (Å²) < 4.78 is 46.2. The van der Waals surface area contributed by atoms with Crippen LogP contribution in [-0.2, 0) is 21.1 Å². The van der Waals surface area contributed by atoms with E-state index in [9.17, 15) is 12.6 Å². The lowest BCUT2D eigenvalue weighted by Crippen LogP contribution is -2.12. The lowest BCUT2D eigenvalue weighted by Gasteiger charge is -2.08. The SMILES string of the molecule is Nc1ccc(S(=O)(=O)Nc2ccc(S(=O)O)cc2)cc1. The average molecular weight is 312 g/mol. The van der Waals surface area contributed by atoms with Gasteiger partial charge in [-0.3, -0.25) is 4.72 Å². The molecule has 0 aliphatic heterocycles. The van der Waals surface area contributed by atoms with Gasteiger partial charge in [0.05, 0.1) is 9.79 Å². The highest BCUT2D eigenvalue weighted by Gasteiger charge is 2.13. The molecule has 20 heavy (non-hydrogen) atoms. The van der Waals surface area contributed by atoms with Gasteiger partial charge >= 0.3 is 0 Å². The molecule has 0 aromatic heterocycles. The Labute approximate surface area is 119 Å². The Hall–Kier alpha value is -1.90. The van der Waals surface area contributed by atoms with Crippen molar-refractivity contribution in [2.24, 2.45) is 0 Å². The average Bonchev–Trinajstić information content (AvgIpc) is 2.39. The van der Waals surface area contributed by atoms with Crippen molar-refractivity contribution in [3.05, 3.63) is 48.5 Å². The molecule has 1 atom stereocenters. The number of hydrogen-bond donors (Lipinski definition) is 3. The fourth-order valence-corrected chi connectivity index (χ4v) is 2.93. The van der Waals surface area contributed by atoms with Gasteiger partial charge in [-0.1, -0.05) is 0 Å². The van der Waals surface area contributed by atoms with Crippen molar-refractivity contribution >= 4 is 32.5 Å². The summed E-state index contributed by atoms with van der Waals surface area (Å²) in [4.78, 5) is 0.280. The summed E-state index contributed by atoms with van der Waals surface area (Å²) in [7, 11) is -3.71. The van der Waals surface area contributed by atoms with Gasteiger partial charge in [0.25, 0.3) is 10.0 Å². The molecule has 0 amide bonds. The minimum Gasteiger partial charge on any atom is -0.399 e. The topological polar surface area (TPSA) is 109 Å². The lowest BCUT2D eigenvalue weighted by molar-refractivity contribution is 0.564. The maximum Gasteiger partial charge on any atom is 0.261 e. The molecule has 0 bridgehead atoms. The van der Waals surface area contributed by atoms with E-state index in [2.05, 4.69) is 4.72 Å². The third-order valence-corrected chi connectivity index (χ3v) is 4.57. The van der Waals surface area contributed by atoms with Crippen LogP contribution in [0.5, 0.6) is 0 Å². The van der Waals surface area contributed by atoms with Crippen molar-refractivity contribution < 1.29 is 17.2 Å². The van der Waals surface area contributed by atoms with E-state index in [1.807, 2.05) is 0 Å². The summed E-state index contributed by atoms with van der Waals surface area (Å²) in [6, 6.07) is 11.4. The molecule has 2 rings (SSSR count). The zero-order valence-corrected chi connectivity index (χ0v) is 11.8. The van der Waals surface area contributed by atoms with Crippen molar-refractivity contribution in [1.29, 1.82) is 0 Å². The van der Waals surface area contributed by atoms with Gasteiger partial charge in [-0.15, -0.1) is 0 Å². The number of hydrogen-bond acceptors (Lipinski definition) is 4. The van der Waals surface area contributed by atoms with Gasteiger partial charge < -0.3 is 10.3 Å². The summed E-state index contributed by atoms with van der Waals surface area (Å²) >= 11 is -2.09. The Kier molecular flexibility index (Phi) is 4.07. The van der Waals surface area contributed by atoms with E-state index in [1.54, 1.807) is 0 Å². The predicted molar refractivity (Wildman–Crippen MR) is 77.1 cm³/mol. The largest absolute Gasteiger partial charge is 0.399 e. The Bertz CT molecular complexity index is 725. The zero-order chi connectivity index (χ0) is 14.8. The number of rotatable bonds is 4. The fraction of sp³-hybridized carbons (Fsp3) is 0. The highest BCUT2D eigenvalue weighted by atomic mass is 32.2. The second-order valence-electron chi connectivity index (χ2n) is 3.95. The summed E-state index contributed by atoms with van der Waals surface area (Å²) in [6.45, 7) is 0. The summed E-state index contributed by atoms with van der Waals surface area (Å²) in [6.07, 6.45) is 0. The van der Waals surface area contributed by atoms with Crippen LogP contribution in [0.25, 0.3) is 0 Å². The molecule has 0 fully saturated rings. The molecule has 0 aliphatic rings. The van der Waals surface area contributed by atoms with Gasteiger partial charge in [-0.25, -0.2) is 12.6 Å². The van der Waals surface area contributed by atoms with Crippen molar-refractivity contribution in [2.45, 2.75) is 9.79 Å². The van der Waals surface area contributed by atoms with Crippen LogP contribution in [0.15, 0.2) is 58.3 Å². The second-order valence-corrected chi connectivity index (χ2v) is 6.60. The van der Waals surface area contributed by atoms with E-state index in [0.717, 1.165) is 0 Å². The molecule has 0 saturated heterocycles. The van der Waals surface area contributed by atoms with Gasteiger partial charge in [0.2, 0.25) is 0 Å². The van der Waals surface area contributed by atoms with Crippen LogP contribution in [0, 0.1) is 0 Å². The van der Waals surface area contributed by atoms with E-state index < -0.39 is 21.1 Å². The van der Waals surface area contributed by atoms with Gasteiger partial charge in [0, 0.05) is 11.4 Å². The zero-order valence-electron chi connectivity index (χ0n) is 10.2. The highest BCUT2D eigenvalue weighted by Crippen LogP contribution is 2.18. The van der Waals surface area contributed by atoms with Gasteiger partial charge in [0.15, 0.2) is 11.1 Å². The van der Waals surface area contributed by atoms with Gasteiger partial charge in [-0.2, -0.15) is 0 Å². The first kappa shape index (κ1) is 14.5. The van der Waals surface area contributed by atoms with Gasteiger partial charge in [0.1, 0.15) is 0 Å². The second kappa shape index (κ2) is 5.61. The molecular weight excluding hydrogens is 300 g/mol. The van der Waals surface area contributed by atoms with Crippen LogP contribution in [0.2, 0.25) is 0 Å². The molecule has 2 aromatic rings. The molecule has 0 radical (unpaired) electrons. The van der Waals surface area contributed by atoms with Crippen LogP contribution in [-0.4, -0.2) is 17.2 Å². The molecule has 0 spiro atoms. The first-order valence-electron chi connectivity index (χ1n) is 5.48.